The highest BCUT2D eigenvalue weighted by Gasteiger charge is 2.24. The van der Waals surface area contributed by atoms with Gasteiger partial charge in [-0.25, -0.2) is 0 Å². The van der Waals surface area contributed by atoms with Gasteiger partial charge in [-0.05, 0) is 32.0 Å². The molecule has 0 spiro atoms. The van der Waals surface area contributed by atoms with E-state index in [0.717, 1.165) is 32.5 Å². The summed E-state index contributed by atoms with van der Waals surface area (Å²) in [5.41, 5.74) is 6.25. The van der Waals surface area contributed by atoms with E-state index in [1.165, 1.54) is 9.75 Å². The predicted octanol–water partition coefficient (Wildman–Crippen LogP) is 1.51. The summed E-state index contributed by atoms with van der Waals surface area (Å²) >= 11 is 1.88. The Kier molecular flexibility index (Phi) is 4.56. The lowest BCUT2D eigenvalue weighted by molar-refractivity contribution is -0.0318. The lowest BCUT2D eigenvalue weighted by Crippen LogP contribution is -2.50. The molecule has 0 amide bonds. The van der Waals surface area contributed by atoms with Gasteiger partial charge < -0.3 is 15.4 Å². The second-order valence-corrected chi connectivity index (χ2v) is 6.01. The first kappa shape index (κ1) is 13.0. The van der Waals surface area contributed by atoms with Crippen LogP contribution < -0.4 is 5.73 Å². The smallest absolute Gasteiger partial charge is 0.0856 e. The van der Waals surface area contributed by atoms with Gasteiger partial charge in [0.2, 0.25) is 0 Å². The molecule has 2 heterocycles. The van der Waals surface area contributed by atoms with E-state index in [0.29, 0.717) is 0 Å². The number of hydrogen-bond acceptors (Lipinski definition) is 4. The van der Waals surface area contributed by atoms with Gasteiger partial charge in [0.05, 0.1) is 12.7 Å². The molecular formula is C13H22N2OS. The van der Waals surface area contributed by atoms with E-state index in [9.17, 15) is 0 Å². The first-order chi connectivity index (χ1) is 8.19. The second kappa shape index (κ2) is 5.96. The molecule has 1 aromatic heterocycles. The molecule has 1 aromatic rings. The highest BCUT2D eigenvalue weighted by atomic mass is 32.1. The lowest BCUT2D eigenvalue weighted by Gasteiger charge is -2.33. The molecule has 1 aliphatic rings. The fourth-order valence-corrected chi connectivity index (χ4v) is 3.18. The normalized spacial score (nSPS) is 23.8. The van der Waals surface area contributed by atoms with Crippen LogP contribution in [0.3, 0.4) is 0 Å². The van der Waals surface area contributed by atoms with Crippen LogP contribution in [0.2, 0.25) is 0 Å². The van der Waals surface area contributed by atoms with E-state index in [1.807, 2.05) is 11.3 Å². The molecule has 0 aromatic carbocycles. The van der Waals surface area contributed by atoms with Gasteiger partial charge in [-0.1, -0.05) is 6.92 Å². The largest absolute Gasteiger partial charge is 0.374 e. The van der Waals surface area contributed by atoms with Crippen molar-refractivity contribution in [2.24, 2.45) is 5.73 Å². The zero-order chi connectivity index (χ0) is 12.3. The molecule has 0 saturated carbocycles. The number of thiophene rings is 1. The van der Waals surface area contributed by atoms with Crippen molar-refractivity contribution >= 4 is 11.3 Å². The van der Waals surface area contributed by atoms with Crippen LogP contribution in [0.25, 0.3) is 0 Å². The number of nitrogens with zero attached hydrogens (tertiary/aromatic N) is 1. The van der Waals surface area contributed by atoms with Crippen molar-refractivity contribution in [3.63, 3.8) is 0 Å². The minimum atomic E-state index is 0.112. The number of morpholine rings is 1. The first-order valence-electron chi connectivity index (χ1n) is 6.32. The van der Waals surface area contributed by atoms with Gasteiger partial charge >= 0.3 is 0 Å². The summed E-state index contributed by atoms with van der Waals surface area (Å²) in [4.78, 5) is 5.11. The van der Waals surface area contributed by atoms with Crippen LogP contribution in [0.4, 0.5) is 0 Å². The Hall–Kier alpha value is -0.420. The summed E-state index contributed by atoms with van der Waals surface area (Å²) in [5.74, 6) is 0. The number of hydrogen-bond donors (Lipinski definition) is 1. The van der Waals surface area contributed by atoms with Crippen molar-refractivity contribution in [3.05, 3.63) is 21.9 Å². The minimum Gasteiger partial charge on any atom is -0.374 e. The third-order valence-corrected chi connectivity index (χ3v) is 4.53. The highest BCUT2D eigenvalue weighted by Crippen LogP contribution is 2.20. The van der Waals surface area contributed by atoms with Crippen molar-refractivity contribution in [3.8, 4) is 0 Å². The third-order valence-electron chi connectivity index (χ3n) is 3.28. The molecule has 2 atom stereocenters. The monoisotopic (exact) mass is 254 g/mol. The molecule has 2 N–H and O–H groups in total. The minimum absolute atomic E-state index is 0.112. The summed E-state index contributed by atoms with van der Waals surface area (Å²) in [6.07, 6.45) is 2.23. The average Bonchev–Trinajstić information content (AvgIpc) is 2.77. The van der Waals surface area contributed by atoms with Crippen molar-refractivity contribution in [1.29, 1.82) is 0 Å². The predicted molar refractivity (Wildman–Crippen MR) is 72.6 cm³/mol. The van der Waals surface area contributed by atoms with Crippen molar-refractivity contribution < 1.29 is 4.74 Å². The zero-order valence-corrected chi connectivity index (χ0v) is 11.5. The number of aryl methyl sites for hydroxylation is 1. The van der Waals surface area contributed by atoms with Gasteiger partial charge in [0.15, 0.2) is 0 Å². The van der Waals surface area contributed by atoms with E-state index in [-0.39, 0.29) is 12.1 Å². The molecule has 3 nitrogen and oxygen atoms in total. The van der Waals surface area contributed by atoms with Gasteiger partial charge in [-0.2, -0.15) is 0 Å². The zero-order valence-electron chi connectivity index (χ0n) is 10.7. The Labute approximate surface area is 108 Å². The molecule has 0 radical (unpaired) electrons. The number of ether oxygens (including phenoxy) is 1. The van der Waals surface area contributed by atoms with Crippen LogP contribution in [0.5, 0.6) is 0 Å². The quantitative estimate of drug-likeness (QED) is 0.885. The number of nitrogens with two attached hydrogens (primary N) is 1. The molecule has 0 bridgehead atoms. The summed E-state index contributed by atoms with van der Waals surface area (Å²) in [6, 6.07) is 4.53. The second-order valence-electron chi connectivity index (χ2n) is 4.76. The van der Waals surface area contributed by atoms with Crippen LogP contribution in [0.15, 0.2) is 12.1 Å². The molecule has 17 heavy (non-hydrogen) atoms. The topological polar surface area (TPSA) is 38.5 Å². The number of rotatable bonds is 4. The van der Waals surface area contributed by atoms with E-state index >= 15 is 0 Å². The summed E-state index contributed by atoms with van der Waals surface area (Å²) in [7, 11) is 2.13. The third kappa shape index (κ3) is 3.52. The fraction of sp³-hybridized carbons (Fsp3) is 0.692. The summed E-state index contributed by atoms with van der Waals surface area (Å²) in [6.45, 7) is 4.96. The van der Waals surface area contributed by atoms with E-state index < -0.39 is 0 Å². The van der Waals surface area contributed by atoms with Crippen molar-refractivity contribution in [2.75, 3.05) is 26.7 Å². The maximum absolute atomic E-state index is 6.25. The molecular weight excluding hydrogens is 232 g/mol. The standard InChI is InChI=1S/C13H22N2OS/c1-3-10-4-5-11(17-10)8-12(14)13-9-15(2)6-7-16-13/h4-5,12-13H,3,6-9,14H2,1-2H3. The molecule has 1 saturated heterocycles. The van der Waals surface area contributed by atoms with Gasteiger partial charge in [0.25, 0.3) is 0 Å². The van der Waals surface area contributed by atoms with Crippen LogP contribution >= 0.6 is 11.3 Å². The lowest BCUT2D eigenvalue weighted by atomic mass is 10.1. The van der Waals surface area contributed by atoms with Crippen LogP contribution in [-0.4, -0.2) is 43.8 Å². The van der Waals surface area contributed by atoms with Crippen molar-refractivity contribution in [1.82, 2.24) is 4.90 Å². The Balaban J connectivity index is 1.89. The first-order valence-corrected chi connectivity index (χ1v) is 7.14. The molecule has 2 rings (SSSR count). The Morgan fingerprint density at radius 3 is 2.94 bits per heavy atom. The molecule has 1 fully saturated rings. The van der Waals surface area contributed by atoms with E-state index in [4.69, 9.17) is 10.5 Å². The SMILES string of the molecule is CCc1ccc(CC(N)C2CN(C)CCO2)s1. The molecule has 4 heteroatoms. The van der Waals surface area contributed by atoms with Gasteiger partial charge in [0.1, 0.15) is 0 Å². The average molecular weight is 254 g/mol. The van der Waals surface area contributed by atoms with E-state index in [2.05, 4.69) is 31.0 Å². The Morgan fingerprint density at radius 2 is 2.29 bits per heavy atom. The van der Waals surface area contributed by atoms with Crippen molar-refractivity contribution in [2.45, 2.75) is 31.9 Å². The molecule has 0 aliphatic carbocycles. The van der Waals surface area contributed by atoms with Crippen LogP contribution in [0.1, 0.15) is 16.7 Å². The fourth-order valence-electron chi connectivity index (χ4n) is 2.16. The molecule has 1 aliphatic heterocycles. The van der Waals surface area contributed by atoms with Crippen LogP contribution in [-0.2, 0) is 17.6 Å². The molecule has 96 valence electrons. The Bertz CT molecular complexity index is 353. The Morgan fingerprint density at radius 1 is 1.53 bits per heavy atom. The van der Waals surface area contributed by atoms with E-state index in [1.54, 1.807) is 0 Å². The maximum Gasteiger partial charge on any atom is 0.0856 e. The summed E-state index contributed by atoms with van der Waals surface area (Å²) < 4.78 is 5.75. The van der Waals surface area contributed by atoms with Crippen LogP contribution in [0, 0.1) is 0 Å². The number of likely N-dealkylation sites (N-methyl/N-ethyl adjacent to an activating group) is 1. The molecule has 2 unspecified atom stereocenters. The van der Waals surface area contributed by atoms with Gasteiger partial charge in [0, 0.05) is 28.9 Å². The maximum atomic E-state index is 6.25. The highest BCUT2D eigenvalue weighted by molar-refractivity contribution is 7.11. The van der Waals surface area contributed by atoms with Gasteiger partial charge in [-0.3, -0.25) is 0 Å². The summed E-state index contributed by atoms with van der Waals surface area (Å²) in [5, 5.41) is 0. The van der Waals surface area contributed by atoms with Gasteiger partial charge in [-0.15, -0.1) is 11.3 Å².